The molecule has 4 rings (SSSR count). The third-order valence-corrected chi connectivity index (χ3v) is 6.41. The molecule has 2 aromatic carbocycles. The Labute approximate surface area is 212 Å². The van der Waals surface area contributed by atoms with Gasteiger partial charge in [0.05, 0.1) is 18.2 Å². The molecule has 2 heterocycles. The van der Waals surface area contributed by atoms with E-state index in [9.17, 15) is 14.7 Å². The van der Waals surface area contributed by atoms with Gasteiger partial charge in [-0.3, -0.25) is 14.6 Å². The molecule has 6 heteroatoms. The maximum atomic E-state index is 13.3. The van der Waals surface area contributed by atoms with Crippen LogP contribution in [-0.4, -0.2) is 33.3 Å². The molecule has 1 aliphatic rings. The Kier molecular flexibility index (Phi) is 7.25. The van der Waals surface area contributed by atoms with Crippen molar-refractivity contribution in [2.45, 2.75) is 47.2 Å². The molecule has 1 unspecified atom stereocenters. The number of hydrogen-bond acceptors (Lipinski definition) is 5. The largest absolute Gasteiger partial charge is 0.507 e. The van der Waals surface area contributed by atoms with Crippen LogP contribution in [0.5, 0.6) is 5.75 Å². The second kappa shape index (κ2) is 10.4. The number of carbonyl (C=O) groups excluding carboxylic acids is 2. The molecule has 6 nitrogen and oxygen atoms in total. The Morgan fingerprint density at radius 2 is 1.83 bits per heavy atom. The molecule has 1 amide bonds. The lowest BCUT2D eigenvalue weighted by Gasteiger charge is -2.26. The van der Waals surface area contributed by atoms with Crippen LogP contribution in [0.4, 0.5) is 0 Å². The first-order valence-corrected chi connectivity index (χ1v) is 12.2. The van der Waals surface area contributed by atoms with Gasteiger partial charge in [-0.15, -0.1) is 0 Å². The fourth-order valence-corrected chi connectivity index (χ4v) is 4.45. The van der Waals surface area contributed by atoms with Gasteiger partial charge in [-0.25, -0.2) is 0 Å². The monoisotopic (exact) mass is 484 g/mol. The maximum absolute atomic E-state index is 13.3. The highest BCUT2D eigenvalue weighted by Gasteiger charge is 2.46. The zero-order valence-electron chi connectivity index (χ0n) is 21.4. The number of aliphatic hydroxyl groups is 1. The summed E-state index contributed by atoms with van der Waals surface area (Å²) in [6, 6.07) is 14.2. The van der Waals surface area contributed by atoms with Crippen LogP contribution in [0.15, 0.2) is 66.5 Å². The van der Waals surface area contributed by atoms with Crippen molar-refractivity contribution in [2.75, 3.05) is 6.61 Å². The number of likely N-dealkylation sites (tertiary alicyclic amines) is 1. The summed E-state index contributed by atoms with van der Waals surface area (Å²) in [6.45, 7) is 10.8. The number of ether oxygens (including phenoxy) is 1. The second-order valence-corrected chi connectivity index (χ2v) is 9.83. The summed E-state index contributed by atoms with van der Waals surface area (Å²) in [7, 11) is 0. The number of aromatic nitrogens is 1. The van der Waals surface area contributed by atoms with E-state index in [2.05, 4.69) is 18.8 Å². The van der Waals surface area contributed by atoms with Gasteiger partial charge in [-0.1, -0.05) is 43.7 Å². The Balaban J connectivity index is 1.79. The van der Waals surface area contributed by atoms with E-state index >= 15 is 0 Å². The number of ketones is 1. The van der Waals surface area contributed by atoms with E-state index < -0.39 is 17.7 Å². The number of amides is 1. The smallest absolute Gasteiger partial charge is 0.295 e. The summed E-state index contributed by atoms with van der Waals surface area (Å²) in [4.78, 5) is 32.4. The molecule has 1 fully saturated rings. The molecule has 0 bridgehead atoms. The molecule has 0 spiro atoms. The van der Waals surface area contributed by atoms with Gasteiger partial charge in [0.1, 0.15) is 11.5 Å². The van der Waals surface area contributed by atoms with Crippen LogP contribution in [0.2, 0.25) is 0 Å². The van der Waals surface area contributed by atoms with Crippen molar-refractivity contribution < 1.29 is 19.4 Å². The topological polar surface area (TPSA) is 79.7 Å². The number of rotatable bonds is 7. The van der Waals surface area contributed by atoms with Crippen molar-refractivity contribution in [3.05, 3.63) is 99.9 Å². The number of pyridine rings is 1. The number of aryl methyl sites for hydroxylation is 3. The van der Waals surface area contributed by atoms with E-state index in [0.29, 0.717) is 23.7 Å². The zero-order chi connectivity index (χ0) is 26.0. The fourth-order valence-electron chi connectivity index (χ4n) is 4.45. The van der Waals surface area contributed by atoms with Crippen LogP contribution in [0, 0.1) is 26.7 Å². The molecule has 1 atom stereocenters. The second-order valence-electron chi connectivity index (χ2n) is 9.83. The van der Waals surface area contributed by atoms with Crippen LogP contribution in [0.3, 0.4) is 0 Å². The van der Waals surface area contributed by atoms with Gasteiger partial charge in [0, 0.05) is 24.5 Å². The fraction of sp³-hybridized carbons (Fsp3) is 0.300. The predicted molar refractivity (Wildman–Crippen MR) is 140 cm³/mol. The Bertz CT molecular complexity index is 1330. The molecule has 0 radical (unpaired) electrons. The molecule has 1 aromatic heterocycles. The number of carbonyl (C=O) groups is 2. The Hall–Kier alpha value is -3.93. The molecule has 1 N–H and O–H groups in total. The lowest BCUT2D eigenvalue weighted by molar-refractivity contribution is -0.140. The van der Waals surface area contributed by atoms with Crippen molar-refractivity contribution in [3.8, 4) is 5.75 Å². The summed E-state index contributed by atoms with van der Waals surface area (Å²) in [5.41, 5.74) is 5.07. The highest BCUT2D eigenvalue weighted by molar-refractivity contribution is 6.46. The lowest BCUT2D eigenvalue weighted by atomic mass is 9.95. The molecule has 3 aromatic rings. The first kappa shape index (κ1) is 25.2. The van der Waals surface area contributed by atoms with Crippen molar-refractivity contribution in [2.24, 2.45) is 5.92 Å². The van der Waals surface area contributed by atoms with Gasteiger partial charge in [-0.05, 0) is 73.2 Å². The molecule has 36 heavy (non-hydrogen) atoms. The summed E-state index contributed by atoms with van der Waals surface area (Å²) >= 11 is 0. The van der Waals surface area contributed by atoms with E-state index in [0.717, 1.165) is 28.0 Å². The lowest BCUT2D eigenvalue weighted by Crippen LogP contribution is -2.29. The molecular formula is C30H32N2O4. The highest BCUT2D eigenvalue weighted by atomic mass is 16.5. The minimum Gasteiger partial charge on any atom is -0.507 e. The molecule has 186 valence electrons. The molecule has 0 saturated carbocycles. The number of hydrogen-bond donors (Lipinski definition) is 1. The first-order chi connectivity index (χ1) is 17.2. The normalized spacial score (nSPS) is 17.2. The van der Waals surface area contributed by atoms with Crippen molar-refractivity contribution in [3.63, 3.8) is 0 Å². The van der Waals surface area contributed by atoms with Gasteiger partial charge in [-0.2, -0.15) is 0 Å². The third-order valence-electron chi connectivity index (χ3n) is 6.41. The molecule has 1 saturated heterocycles. The maximum Gasteiger partial charge on any atom is 0.295 e. The van der Waals surface area contributed by atoms with Gasteiger partial charge in [0.15, 0.2) is 0 Å². The molecule has 0 aliphatic carbocycles. The quantitative estimate of drug-likeness (QED) is 0.266. The SMILES string of the molecule is Cc1ccc(C)c(CN2C(=O)C(=O)/C(=C(\O)c3ccc(OCC(C)C)c(C)c3)C2c2cccnc2)c1. The van der Waals surface area contributed by atoms with Crippen LogP contribution in [0.1, 0.15) is 53.3 Å². The van der Waals surface area contributed by atoms with Crippen LogP contribution < -0.4 is 4.74 Å². The average molecular weight is 485 g/mol. The average Bonchev–Trinajstić information content (AvgIpc) is 3.10. The molecule has 1 aliphatic heterocycles. The highest BCUT2D eigenvalue weighted by Crippen LogP contribution is 2.40. The van der Waals surface area contributed by atoms with E-state index in [4.69, 9.17) is 4.74 Å². The summed E-state index contributed by atoms with van der Waals surface area (Å²) < 4.78 is 5.86. The number of Topliss-reactive ketones (excluding diaryl/α,β-unsaturated/α-hetero) is 1. The Morgan fingerprint density at radius 3 is 2.50 bits per heavy atom. The van der Waals surface area contributed by atoms with Crippen molar-refractivity contribution in [1.82, 2.24) is 9.88 Å². The van der Waals surface area contributed by atoms with Gasteiger partial charge in [0.25, 0.3) is 11.7 Å². The van der Waals surface area contributed by atoms with E-state index in [1.165, 1.54) is 4.90 Å². The third kappa shape index (κ3) is 5.03. The predicted octanol–water partition coefficient (Wildman–Crippen LogP) is 5.66. The summed E-state index contributed by atoms with van der Waals surface area (Å²) in [6.07, 6.45) is 3.27. The summed E-state index contributed by atoms with van der Waals surface area (Å²) in [5.74, 6) is -0.446. The zero-order valence-corrected chi connectivity index (χ0v) is 21.4. The van der Waals surface area contributed by atoms with E-state index in [1.807, 2.05) is 45.0 Å². The van der Waals surface area contributed by atoms with Crippen molar-refractivity contribution in [1.29, 1.82) is 0 Å². The van der Waals surface area contributed by atoms with E-state index in [-0.39, 0.29) is 17.9 Å². The number of aliphatic hydroxyl groups excluding tert-OH is 1. The van der Waals surface area contributed by atoms with Crippen molar-refractivity contribution >= 4 is 17.4 Å². The van der Waals surface area contributed by atoms with Crippen LogP contribution in [-0.2, 0) is 16.1 Å². The van der Waals surface area contributed by atoms with Crippen LogP contribution in [0.25, 0.3) is 5.76 Å². The van der Waals surface area contributed by atoms with Gasteiger partial charge in [0.2, 0.25) is 0 Å². The minimum atomic E-state index is -0.754. The number of benzene rings is 2. The van der Waals surface area contributed by atoms with Crippen LogP contribution >= 0.6 is 0 Å². The number of nitrogens with zero attached hydrogens (tertiary/aromatic N) is 2. The Morgan fingerprint density at radius 1 is 1.06 bits per heavy atom. The first-order valence-electron chi connectivity index (χ1n) is 12.2. The molecular weight excluding hydrogens is 452 g/mol. The van der Waals surface area contributed by atoms with Gasteiger partial charge >= 0.3 is 0 Å². The standard InChI is InChI=1S/C30H32N2O4/c1-18(2)17-36-25-11-10-22(14-21(25)5)28(33)26-27(23-7-6-12-31-15-23)32(30(35)29(26)34)16-24-13-19(3)8-9-20(24)4/h6-15,18,27,33H,16-17H2,1-5H3/b28-26-. The minimum absolute atomic E-state index is 0.0635. The summed E-state index contributed by atoms with van der Waals surface area (Å²) in [5, 5.41) is 11.4. The van der Waals surface area contributed by atoms with E-state index in [1.54, 1.807) is 36.7 Å². The van der Waals surface area contributed by atoms with Gasteiger partial charge < -0.3 is 14.7 Å².